The molecule has 0 aromatic heterocycles. The van der Waals surface area contributed by atoms with E-state index in [1.165, 1.54) is 0 Å². The molecule has 0 heterocycles. The molecule has 0 bridgehead atoms. The van der Waals surface area contributed by atoms with Crippen LogP contribution in [-0.4, -0.2) is 101 Å². The Balaban J connectivity index is 0. The maximum atomic E-state index is 12.7. The van der Waals surface area contributed by atoms with Gasteiger partial charge in [-0.05, 0) is 25.8 Å². The largest absolute Gasteiger partial charge is 1.00 e. The van der Waals surface area contributed by atoms with Crippen molar-refractivity contribution in [3.8, 4) is 0 Å². The summed E-state index contributed by atoms with van der Waals surface area (Å²) in [4.78, 5) is 32.3. The second-order valence-corrected chi connectivity index (χ2v) is 13.1. The second kappa shape index (κ2) is 26.8. The Labute approximate surface area is 305 Å². The summed E-state index contributed by atoms with van der Waals surface area (Å²) in [6.45, 7) is 3.21. The molecular weight excluding hydrogens is 646 g/mol. The van der Waals surface area contributed by atoms with Crippen molar-refractivity contribution >= 4 is 15.6 Å². The third kappa shape index (κ3) is 21.1. The molecule has 0 aromatic carbocycles. The summed E-state index contributed by atoms with van der Waals surface area (Å²) in [7, 11) is -10.8. The molecule has 1 aliphatic carbocycles. The van der Waals surface area contributed by atoms with Crippen LogP contribution in [0.1, 0.15) is 84.0 Å². The molecule has 0 aliphatic heterocycles. The number of nitrogens with two attached hydrogens (primary N) is 1. The molecule has 15 nitrogen and oxygen atoms in total. The van der Waals surface area contributed by atoms with Gasteiger partial charge in [0.15, 0.2) is 0 Å². The molecule has 252 valence electrons. The fourth-order valence-corrected chi connectivity index (χ4v) is 6.01. The van der Waals surface area contributed by atoms with Crippen molar-refractivity contribution in [2.45, 2.75) is 127 Å². The van der Waals surface area contributed by atoms with Gasteiger partial charge in [-0.25, -0.2) is 4.57 Å². The zero-order valence-corrected chi connectivity index (χ0v) is 32.2. The van der Waals surface area contributed by atoms with Crippen molar-refractivity contribution in [2.75, 3.05) is 33.0 Å². The van der Waals surface area contributed by atoms with Crippen LogP contribution in [0.25, 0.3) is 0 Å². The molecule has 0 spiro atoms. The molecule has 0 radical (unpaired) electrons. The van der Waals surface area contributed by atoms with E-state index in [9.17, 15) is 44.2 Å². The Morgan fingerprint density at radius 2 is 1.20 bits per heavy atom. The van der Waals surface area contributed by atoms with Gasteiger partial charge < -0.3 is 59.4 Å². The molecule has 44 heavy (non-hydrogen) atoms. The first-order valence-electron chi connectivity index (χ1n) is 14.8. The van der Waals surface area contributed by atoms with Crippen LogP contribution in [0.15, 0.2) is 0 Å². The summed E-state index contributed by atoms with van der Waals surface area (Å²) in [6.07, 6.45) is -1.78. The first-order valence-corrected chi connectivity index (χ1v) is 17.8. The van der Waals surface area contributed by atoms with Crippen LogP contribution < -0.4 is 74.6 Å². The van der Waals surface area contributed by atoms with Crippen LogP contribution in [0.5, 0.6) is 0 Å². The van der Waals surface area contributed by atoms with Gasteiger partial charge in [0.2, 0.25) is 0 Å². The molecule has 1 aliphatic rings. The van der Waals surface area contributed by atoms with E-state index < -0.39 is 65.0 Å². The summed E-state index contributed by atoms with van der Waals surface area (Å²) in [5, 5.41) is 40.5. The van der Waals surface area contributed by atoms with Crippen LogP contribution in [0.2, 0.25) is 0 Å². The number of hydrogen-bond acceptors (Lipinski definition) is 14. The van der Waals surface area contributed by atoms with E-state index in [1.807, 2.05) is 0 Å². The smallest absolute Gasteiger partial charge is 0.790 e. The van der Waals surface area contributed by atoms with Gasteiger partial charge in [-0.15, -0.1) is 0 Å². The minimum Gasteiger partial charge on any atom is -0.790 e. The van der Waals surface area contributed by atoms with Crippen molar-refractivity contribution in [1.29, 1.82) is 0 Å². The van der Waals surface area contributed by atoms with E-state index >= 15 is 0 Å². The SMILES string of the molecule is CCCCCCCCO[C@H](COCCCCCCCCN)COP(=O)(O)O[C@@H]1[C@H](O)[C@H](OP(=O)([O-])[O-])[C@@H](O)[C@H](O)[C@H]1O.[Na+].[Na+]. The number of unbranched alkanes of at least 4 members (excludes halogenated alkanes) is 10. The second-order valence-electron chi connectivity index (χ2n) is 10.6. The predicted molar refractivity (Wildman–Crippen MR) is 148 cm³/mol. The number of aliphatic hydroxyl groups is 4. The Kier molecular flexibility index (Phi) is 29.2. The van der Waals surface area contributed by atoms with E-state index in [0.717, 1.165) is 77.0 Å². The van der Waals surface area contributed by atoms with Crippen LogP contribution in [-0.2, 0) is 32.2 Å². The Morgan fingerprint density at radius 1 is 0.705 bits per heavy atom. The molecule has 8 atom stereocenters. The normalized spacial score (nSPS) is 25.9. The maximum Gasteiger partial charge on any atom is 1.00 e. The van der Waals surface area contributed by atoms with E-state index in [1.54, 1.807) is 0 Å². The molecule has 0 saturated heterocycles. The molecule has 0 aromatic rings. The number of phosphoric acid groups is 2. The molecule has 7 N–H and O–H groups in total. The van der Waals surface area contributed by atoms with Gasteiger partial charge in [-0.3, -0.25) is 9.05 Å². The Hall–Kier alpha value is 1.94. The first-order chi connectivity index (χ1) is 19.8. The minimum absolute atomic E-state index is 0. The number of hydrogen-bond donors (Lipinski definition) is 6. The van der Waals surface area contributed by atoms with Crippen molar-refractivity contribution in [3.63, 3.8) is 0 Å². The quantitative estimate of drug-likeness (QED) is 0.0295. The first kappa shape index (κ1) is 48.1. The average molecular weight is 698 g/mol. The molecule has 1 rings (SSSR count). The topological polar surface area (TPSA) is 254 Å². The van der Waals surface area contributed by atoms with Crippen LogP contribution >= 0.6 is 15.6 Å². The fraction of sp³-hybridized carbons (Fsp3) is 1.00. The predicted octanol–water partition coefficient (Wildman–Crippen LogP) is -5.77. The van der Waals surface area contributed by atoms with Crippen molar-refractivity contribution < 1.29 is 126 Å². The molecule has 1 unspecified atom stereocenters. The van der Waals surface area contributed by atoms with Crippen molar-refractivity contribution in [1.82, 2.24) is 0 Å². The number of phosphoric ester groups is 2. The van der Waals surface area contributed by atoms with Gasteiger partial charge in [0.25, 0.3) is 0 Å². The molecule has 19 heteroatoms. The Morgan fingerprint density at radius 3 is 1.75 bits per heavy atom. The summed E-state index contributed by atoms with van der Waals surface area (Å²) >= 11 is 0. The van der Waals surface area contributed by atoms with Crippen molar-refractivity contribution in [2.24, 2.45) is 5.73 Å². The fourth-order valence-electron chi connectivity index (χ4n) is 4.49. The van der Waals surface area contributed by atoms with Crippen LogP contribution in [0, 0.1) is 0 Å². The number of rotatable bonds is 25. The average Bonchev–Trinajstić information content (AvgIpc) is 2.93. The Bertz CT molecular complexity index is 802. The van der Waals surface area contributed by atoms with Gasteiger partial charge in [-0.1, -0.05) is 64.7 Å². The van der Waals surface area contributed by atoms with Crippen LogP contribution in [0.3, 0.4) is 0 Å². The van der Waals surface area contributed by atoms with E-state index in [0.29, 0.717) is 19.8 Å². The molecule has 0 amide bonds. The van der Waals surface area contributed by atoms with E-state index in [-0.39, 0.29) is 65.7 Å². The molecule has 1 saturated carbocycles. The molecular formula is C25H51NNa2O14P2. The van der Waals surface area contributed by atoms with Gasteiger partial charge in [0, 0.05) is 13.2 Å². The summed E-state index contributed by atoms with van der Waals surface area (Å²) in [6, 6.07) is 0. The minimum atomic E-state index is -5.77. The summed E-state index contributed by atoms with van der Waals surface area (Å²) < 4.78 is 49.1. The van der Waals surface area contributed by atoms with Crippen molar-refractivity contribution in [3.05, 3.63) is 0 Å². The van der Waals surface area contributed by atoms with Gasteiger partial charge in [0.1, 0.15) is 42.7 Å². The zero-order valence-electron chi connectivity index (χ0n) is 26.4. The monoisotopic (exact) mass is 697 g/mol. The van der Waals surface area contributed by atoms with Crippen LogP contribution in [0.4, 0.5) is 0 Å². The molecule has 1 fully saturated rings. The van der Waals surface area contributed by atoms with Gasteiger partial charge in [0.05, 0.1) is 21.0 Å². The number of aliphatic hydroxyl groups excluding tert-OH is 4. The zero-order chi connectivity index (χ0) is 31.6. The van der Waals surface area contributed by atoms with E-state index in [2.05, 4.69) is 11.4 Å². The summed E-state index contributed by atoms with van der Waals surface area (Å²) in [5.74, 6) is 0. The maximum absolute atomic E-state index is 12.7. The third-order valence-corrected chi connectivity index (χ3v) is 8.36. The van der Waals surface area contributed by atoms with Gasteiger partial charge in [-0.2, -0.15) is 0 Å². The van der Waals surface area contributed by atoms with E-state index in [4.69, 9.17) is 24.3 Å². The standard InChI is InChI=1S/C25H53NO14P2.2Na/c1-2-3-4-5-10-13-16-37-19(17-36-15-12-9-7-6-8-11-14-26)18-38-42(34,35)40-25-22(29)20(27)21(28)24(23(25)30)39-41(31,32)33;;/h19-25,27-30H,2-18,26H2,1H3,(H,34,35)(H2,31,32,33);;/q;2*+1/p-2/t19-,20+,21+,22-,23-,24-,25+;;/m1../s1. The third-order valence-electron chi connectivity index (χ3n) is 6.87. The summed E-state index contributed by atoms with van der Waals surface area (Å²) in [5.41, 5.74) is 5.49. The van der Waals surface area contributed by atoms with Gasteiger partial charge >= 0.3 is 66.9 Å². The number of ether oxygens (including phenoxy) is 2.